The van der Waals surface area contributed by atoms with Crippen molar-refractivity contribution in [3.05, 3.63) is 127 Å². The van der Waals surface area contributed by atoms with Crippen LogP contribution < -0.4 is 5.32 Å². The molecule has 0 unspecified atom stereocenters. The first-order chi connectivity index (χ1) is 21.4. The Morgan fingerprint density at radius 2 is 1.30 bits per heavy atom. The van der Waals surface area contributed by atoms with E-state index in [1.807, 2.05) is 6.08 Å². The van der Waals surface area contributed by atoms with E-state index in [2.05, 4.69) is 79.1 Å². The van der Waals surface area contributed by atoms with Gasteiger partial charge in [0.15, 0.2) is 0 Å². The molecule has 2 N–H and O–H groups in total. The van der Waals surface area contributed by atoms with Crippen LogP contribution in [0.3, 0.4) is 0 Å². The van der Waals surface area contributed by atoms with Crippen LogP contribution in [0.15, 0.2) is 109 Å². The number of hydrogen-bond acceptors (Lipinski definition) is 3. The fraction of sp³-hybridized carbons (Fsp3) is 0.316. The van der Waals surface area contributed by atoms with Gasteiger partial charge in [0.05, 0.1) is 5.56 Å². The zero-order valence-corrected chi connectivity index (χ0v) is 25.7. The van der Waals surface area contributed by atoms with E-state index in [1.165, 1.54) is 24.3 Å². The number of carbonyl (C=O) groups is 2. The number of amides is 1. The van der Waals surface area contributed by atoms with Crippen LogP contribution in [0, 0.1) is 11.6 Å². The lowest BCUT2D eigenvalue weighted by Crippen LogP contribution is -2.25. The molecule has 2 aromatic rings. The van der Waals surface area contributed by atoms with Crippen LogP contribution >= 0.6 is 0 Å². The fourth-order valence-electron chi connectivity index (χ4n) is 4.20. The second-order valence-corrected chi connectivity index (χ2v) is 10.2. The Balaban J connectivity index is 1.55. The molecular formula is C38H45F2NO3. The third-order valence-electron chi connectivity index (χ3n) is 6.59. The Morgan fingerprint density at radius 1 is 0.727 bits per heavy atom. The highest BCUT2D eigenvalue weighted by atomic mass is 19.1. The number of hydrogen-bond donors (Lipinski definition) is 2. The van der Waals surface area contributed by atoms with Gasteiger partial charge in [0.1, 0.15) is 23.2 Å². The first-order valence-electron chi connectivity index (χ1n) is 15.4. The van der Waals surface area contributed by atoms with E-state index >= 15 is 0 Å². The quantitative estimate of drug-likeness (QED) is 0.117. The summed E-state index contributed by atoms with van der Waals surface area (Å²) >= 11 is 0. The molecule has 6 heteroatoms. The number of rotatable bonds is 20. The summed E-state index contributed by atoms with van der Waals surface area (Å²) in [7, 11) is 0. The van der Waals surface area contributed by atoms with Gasteiger partial charge in [-0.15, -0.1) is 0 Å². The molecule has 0 aliphatic rings. The number of ketones is 1. The summed E-state index contributed by atoms with van der Waals surface area (Å²) in [5.74, 6) is -2.12. The Hall–Kier alpha value is -4.32. The van der Waals surface area contributed by atoms with E-state index in [9.17, 15) is 23.5 Å². The zero-order chi connectivity index (χ0) is 31.8. The van der Waals surface area contributed by atoms with Crippen molar-refractivity contribution in [2.75, 3.05) is 6.54 Å². The maximum Gasteiger partial charge on any atom is 0.255 e. The van der Waals surface area contributed by atoms with Crippen molar-refractivity contribution >= 4 is 11.7 Å². The second-order valence-electron chi connectivity index (χ2n) is 10.2. The molecule has 1 amide bonds. The molecule has 2 rings (SSSR count). The Morgan fingerprint density at radius 3 is 1.86 bits per heavy atom. The molecule has 0 fully saturated rings. The van der Waals surface area contributed by atoms with Crippen LogP contribution in [0.1, 0.15) is 81.5 Å². The van der Waals surface area contributed by atoms with Gasteiger partial charge in [-0.1, -0.05) is 85.9 Å². The minimum absolute atomic E-state index is 0.0183. The van der Waals surface area contributed by atoms with E-state index in [-0.39, 0.29) is 29.2 Å². The van der Waals surface area contributed by atoms with Gasteiger partial charge in [-0.25, -0.2) is 8.78 Å². The molecule has 0 aliphatic carbocycles. The highest BCUT2D eigenvalue weighted by Gasteiger charge is 2.14. The smallest absolute Gasteiger partial charge is 0.255 e. The Labute approximate surface area is 261 Å². The number of phenols is 1. The van der Waals surface area contributed by atoms with E-state index in [0.29, 0.717) is 31.2 Å². The van der Waals surface area contributed by atoms with Crippen molar-refractivity contribution in [2.45, 2.75) is 71.1 Å². The second kappa shape index (κ2) is 22.3. The van der Waals surface area contributed by atoms with Crippen molar-refractivity contribution in [3.8, 4) is 16.9 Å². The van der Waals surface area contributed by atoms with Gasteiger partial charge >= 0.3 is 0 Å². The van der Waals surface area contributed by atoms with Gasteiger partial charge in [0, 0.05) is 31.0 Å². The summed E-state index contributed by atoms with van der Waals surface area (Å²) in [5, 5.41) is 12.8. The SMILES string of the molecule is CC/C=C\C/C=C\C/C=C\C/C=C\C/C=C\C/C=C\CCC(=O)CCCNC(=O)c1cc(-c2ccc(F)cc2F)ccc1O. The number of phenolic OH excluding ortho intramolecular Hbond substituents is 1. The molecule has 44 heavy (non-hydrogen) atoms. The maximum absolute atomic E-state index is 14.1. The highest BCUT2D eigenvalue weighted by molar-refractivity contribution is 5.98. The van der Waals surface area contributed by atoms with E-state index in [1.54, 1.807) is 0 Å². The number of aromatic hydroxyl groups is 1. The molecule has 0 aromatic heterocycles. The number of nitrogens with one attached hydrogen (secondary N) is 1. The molecule has 2 aromatic carbocycles. The summed E-state index contributed by atoms with van der Waals surface area (Å²) < 4.78 is 27.4. The number of halogens is 2. The summed E-state index contributed by atoms with van der Waals surface area (Å²) in [6.45, 7) is 2.40. The minimum Gasteiger partial charge on any atom is -0.507 e. The number of benzene rings is 2. The van der Waals surface area contributed by atoms with Crippen LogP contribution in [-0.2, 0) is 4.79 Å². The lowest BCUT2D eigenvalue weighted by Gasteiger charge is -2.10. The third-order valence-corrected chi connectivity index (χ3v) is 6.59. The van der Waals surface area contributed by atoms with Crippen LogP contribution in [0.2, 0.25) is 0 Å². The Kier molecular flexibility index (Phi) is 18.1. The van der Waals surface area contributed by atoms with Gasteiger partial charge in [-0.2, -0.15) is 0 Å². The highest BCUT2D eigenvalue weighted by Crippen LogP contribution is 2.28. The average Bonchev–Trinajstić information content (AvgIpc) is 3.00. The first-order valence-corrected chi connectivity index (χ1v) is 15.4. The van der Waals surface area contributed by atoms with Crippen LogP contribution in [0.4, 0.5) is 8.78 Å². The molecule has 0 saturated heterocycles. The van der Waals surface area contributed by atoms with E-state index in [0.717, 1.165) is 50.7 Å². The third kappa shape index (κ3) is 15.2. The predicted octanol–water partition coefficient (Wildman–Crippen LogP) is 9.89. The summed E-state index contributed by atoms with van der Waals surface area (Å²) in [4.78, 5) is 24.7. The lowest BCUT2D eigenvalue weighted by molar-refractivity contribution is -0.119. The summed E-state index contributed by atoms with van der Waals surface area (Å²) in [5.41, 5.74) is 0.447. The molecule has 234 valence electrons. The Bertz CT molecular complexity index is 1350. The molecular weight excluding hydrogens is 556 g/mol. The maximum atomic E-state index is 14.1. The van der Waals surface area contributed by atoms with Gasteiger partial charge in [-0.05, 0) is 81.2 Å². The minimum atomic E-state index is -0.760. The number of carbonyl (C=O) groups excluding carboxylic acids is 2. The average molecular weight is 602 g/mol. The molecule has 4 nitrogen and oxygen atoms in total. The fourth-order valence-corrected chi connectivity index (χ4v) is 4.20. The molecule has 0 radical (unpaired) electrons. The van der Waals surface area contributed by atoms with Crippen molar-refractivity contribution in [1.29, 1.82) is 0 Å². The molecule has 0 atom stereocenters. The van der Waals surface area contributed by atoms with Crippen molar-refractivity contribution in [2.24, 2.45) is 0 Å². The number of Topliss-reactive ketones (excluding diaryl/α,β-unsaturated/α-hetero) is 1. The van der Waals surface area contributed by atoms with Crippen LogP contribution in [0.5, 0.6) is 5.75 Å². The molecule has 0 spiro atoms. The van der Waals surface area contributed by atoms with E-state index in [4.69, 9.17) is 0 Å². The normalized spacial score (nSPS) is 12.2. The molecule has 0 aliphatic heterocycles. The van der Waals surface area contributed by atoms with Gasteiger partial charge in [0.2, 0.25) is 0 Å². The summed E-state index contributed by atoms with van der Waals surface area (Å²) in [6, 6.07) is 7.29. The van der Waals surface area contributed by atoms with Crippen molar-refractivity contribution in [1.82, 2.24) is 5.32 Å². The topological polar surface area (TPSA) is 66.4 Å². The van der Waals surface area contributed by atoms with Crippen LogP contribution in [0.25, 0.3) is 11.1 Å². The summed E-state index contributed by atoms with van der Waals surface area (Å²) in [6.07, 6.45) is 33.4. The largest absolute Gasteiger partial charge is 0.507 e. The van der Waals surface area contributed by atoms with Gasteiger partial charge in [-0.3, -0.25) is 9.59 Å². The number of allylic oxidation sites excluding steroid dienone is 12. The van der Waals surface area contributed by atoms with Gasteiger partial charge in [0.25, 0.3) is 5.91 Å². The van der Waals surface area contributed by atoms with Crippen molar-refractivity contribution < 1.29 is 23.5 Å². The van der Waals surface area contributed by atoms with Crippen molar-refractivity contribution in [3.63, 3.8) is 0 Å². The van der Waals surface area contributed by atoms with E-state index < -0.39 is 17.5 Å². The first kappa shape index (κ1) is 35.9. The molecule has 0 heterocycles. The molecule has 0 bridgehead atoms. The predicted molar refractivity (Wildman–Crippen MR) is 177 cm³/mol. The van der Waals surface area contributed by atoms with Crippen LogP contribution in [-0.4, -0.2) is 23.3 Å². The molecule has 0 saturated carbocycles. The standard InChI is InChI=1S/C38H45F2NO3/c1-2-3-4-5-6-7-8-9-10-11-12-13-14-15-16-17-18-19-20-22-33(42)23-21-28-41-38(44)35-29-31(24-27-37(35)43)34-26-25-32(39)30-36(34)40/h3-4,6-7,9-10,12-13,15-16,18-19,24-27,29-30,43H,2,5,8,11,14,17,20-23,28H2,1H3,(H,41,44)/b4-3-,7-6-,10-9-,13-12-,16-15-,19-18-. The van der Waals surface area contributed by atoms with Gasteiger partial charge < -0.3 is 10.4 Å². The monoisotopic (exact) mass is 601 g/mol. The zero-order valence-electron chi connectivity index (χ0n) is 25.7. The lowest BCUT2D eigenvalue weighted by atomic mass is 10.0.